The van der Waals surface area contributed by atoms with Crippen molar-refractivity contribution >= 4 is 5.91 Å². The number of piperidine rings is 1. The van der Waals surface area contributed by atoms with Crippen LogP contribution in [0, 0.1) is 12.8 Å². The number of hydrogen-bond donors (Lipinski definition) is 2. The minimum absolute atomic E-state index is 0.0470. The summed E-state index contributed by atoms with van der Waals surface area (Å²) in [5.41, 5.74) is 2.12. The van der Waals surface area contributed by atoms with E-state index >= 15 is 0 Å². The Morgan fingerprint density at radius 2 is 2.17 bits per heavy atom. The Hall–Kier alpha value is -2.34. The van der Waals surface area contributed by atoms with Crippen LogP contribution in [0.1, 0.15) is 29.0 Å². The molecule has 1 aliphatic heterocycles. The summed E-state index contributed by atoms with van der Waals surface area (Å²) in [5, 5.41) is 9.22. The Bertz CT molecular complexity index is 718. The highest BCUT2D eigenvalue weighted by molar-refractivity contribution is 5.94. The highest BCUT2D eigenvalue weighted by atomic mass is 16.5. The number of methoxy groups -OCH3 is 1. The number of carbonyl (C=O) groups is 1. The van der Waals surface area contributed by atoms with Gasteiger partial charge in [-0.2, -0.15) is 0 Å². The molecule has 1 fully saturated rings. The first-order valence-corrected chi connectivity index (χ1v) is 8.23. The second-order valence-electron chi connectivity index (χ2n) is 6.21. The normalized spacial score (nSPS) is 15.5. The number of aryl methyl sites for hydroxylation is 1. The third-order valence-corrected chi connectivity index (χ3v) is 4.59. The van der Waals surface area contributed by atoms with E-state index in [1.54, 1.807) is 7.11 Å². The molecule has 0 aliphatic carbocycles. The van der Waals surface area contributed by atoms with E-state index in [0.717, 1.165) is 29.8 Å². The van der Waals surface area contributed by atoms with Crippen molar-refractivity contribution in [2.75, 3.05) is 26.8 Å². The van der Waals surface area contributed by atoms with Gasteiger partial charge in [0.25, 0.3) is 5.91 Å². The zero-order valence-corrected chi connectivity index (χ0v) is 14.1. The number of benzene rings is 1. The topological polar surface area (TPSA) is 78.4 Å². The maximum Gasteiger partial charge on any atom is 0.274 e. The lowest BCUT2D eigenvalue weighted by Gasteiger charge is -2.30. The fourth-order valence-electron chi connectivity index (χ4n) is 3.04. The minimum atomic E-state index is -0.0470. The molecule has 128 valence electrons. The molecule has 1 saturated heterocycles. The van der Waals surface area contributed by atoms with Gasteiger partial charge < -0.3 is 19.7 Å². The molecular formula is C18H23N3O3. The van der Waals surface area contributed by atoms with Gasteiger partial charge in [-0.05, 0) is 37.8 Å². The van der Waals surface area contributed by atoms with E-state index in [2.05, 4.69) is 9.97 Å². The number of aliphatic hydroxyl groups excluding tert-OH is 1. The zero-order valence-electron chi connectivity index (χ0n) is 14.1. The summed E-state index contributed by atoms with van der Waals surface area (Å²) in [6.45, 7) is 3.41. The second kappa shape index (κ2) is 7.05. The minimum Gasteiger partial charge on any atom is -0.497 e. The van der Waals surface area contributed by atoms with Crippen molar-refractivity contribution in [3.05, 3.63) is 35.7 Å². The highest BCUT2D eigenvalue weighted by Crippen LogP contribution is 2.24. The van der Waals surface area contributed by atoms with Crippen LogP contribution in [0.5, 0.6) is 5.75 Å². The summed E-state index contributed by atoms with van der Waals surface area (Å²) in [6, 6.07) is 7.59. The molecule has 6 nitrogen and oxygen atoms in total. The average molecular weight is 329 g/mol. The van der Waals surface area contributed by atoms with Gasteiger partial charge in [-0.15, -0.1) is 0 Å². The Labute approximate surface area is 141 Å². The van der Waals surface area contributed by atoms with Crippen molar-refractivity contribution in [2.24, 2.45) is 5.92 Å². The zero-order chi connectivity index (χ0) is 17.1. The molecule has 3 rings (SSSR count). The Kier molecular flexibility index (Phi) is 4.85. The molecule has 2 heterocycles. The lowest BCUT2D eigenvalue weighted by molar-refractivity contribution is 0.0645. The lowest BCUT2D eigenvalue weighted by Crippen LogP contribution is -2.39. The standard InChI is InChI=1S/C18H23N3O3/c1-12-16(18(23)21-8-6-13(11-22)7-9-21)20-17(19-12)14-4-3-5-15(10-14)24-2/h3-5,10,13,22H,6-9,11H2,1-2H3,(H,19,20). The van der Waals surface area contributed by atoms with Crippen LogP contribution in [0.15, 0.2) is 24.3 Å². The van der Waals surface area contributed by atoms with E-state index in [1.807, 2.05) is 36.1 Å². The summed E-state index contributed by atoms with van der Waals surface area (Å²) in [5.74, 6) is 1.68. The number of imidazole rings is 1. The number of aromatic nitrogens is 2. The molecule has 0 unspecified atom stereocenters. The quantitative estimate of drug-likeness (QED) is 0.902. The fraction of sp³-hybridized carbons (Fsp3) is 0.444. The molecule has 0 radical (unpaired) electrons. The number of hydrogen-bond acceptors (Lipinski definition) is 4. The molecule has 1 amide bonds. The molecule has 24 heavy (non-hydrogen) atoms. The van der Waals surface area contributed by atoms with Crippen LogP contribution in [0.25, 0.3) is 11.4 Å². The summed E-state index contributed by atoms with van der Waals surface area (Å²) >= 11 is 0. The van der Waals surface area contributed by atoms with E-state index in [9.17, 15) is 9.90 Å². The Morgan fingerprint density at radius 1 is 1.42 bits per heavy atom. The van der Waals surface area contributed by atoms with Crippen molar-refractivity contribution < 1.29 is 14.6 Å². The summed E-state index contributed by atoms with van der Waals surface area (Å²) in [4.78, 5) is 22.3. The highest BCUT2D eigenvalue weighted by Gasteiger charge is 2.26. The van der Waals surface area contributed by atoms with Gasteiger partial charge >= 0.3 is 0 Å². The number of H-pyrrole nitrogens is 1. The smallest absolute Gasteiger partial charge is 0.274 e. The molecule has 2 aromatic rings. The molecule has 1 aliphatic rings. The summed E-state index contributed by atoms with van der Waals surface area (Å²) < 4.78 is 5.24. The Morgan fingerprint density at radius 3 is 2.83 bits per heavy atom. The van der Waals surface area contributed by atoms with Crippen molar-refractivity contribution in [3.63, 3.8) is 0 Å². The molecule has 1 aromatic heterocycles. The maximum atomic E-state index is 12.7. The maximum absolute atomic E-state index is 12.7. The summed E-state index contributed by atoms with van der Waals surface area (Å²) in [7, 11) is 1.62. The van der Waals surface area contributed by atoms with Crippen LogP contribution in [-0.2, 0) is 0 Å². The fourth-order valence-corrected chi connectivity index (χ4v) is 3.04. The van der Waals surface area contributed by atoms with Crippen LogP contribution < -0.4 is 4.74 Å². The number of carbonyl (C=O) groups excluding carboxylic acids is 1. The SMILES string of the molecule is COc1cccc(-c2nc(C(=O)N3CCC(CO)CC3)c(C)[nH]2)c1. The number of nitrogens with zero attached hydrogens (tertiary/aromatic N) is 2. The van der Waals surface area contributed by atoms with E-state index in [-0.39, 0.29) is 12.5 Å². The van der Waals surface area contributed by atoms with Crippen LogP contribution in [-0.4, -0.2) is 52.7 Å². The van der Waals surface area contributed by atoms with Gasteiger partial charge in [0.2, 0.25) is 0 Å². The molecular weight excluding hydrogens is 306 g/mol. The molecule has 0 spiro atoms. The number of likely N-dealkylation sites (tertiary alicyclic amines) is 1. The van der Waals surface area contributed by atoms with Gasteiger partial charge in [0.1, 0.15) is 17.3 Å². The molecule has 2 N–H and O–H groups in total. The van der Waals surface area contributed by atoms with Crippen molar-refractivity contribution in [2.45, 2.75) is 19.8 Å². The van der Waals surface area contributed by atoms with Crippen molar-refractivity contribution in [1.82, 2.24) is 14.9 Å². The average Bonchev–Trinajstić information content (AvgIpc) is 3.03. The number of ether oxygens (including phenoxy) is 1. The van der Waals surface area contributed by atoms with E-state index in [4.69, 9.17) is 4.74 Å². The van der Waals surface area contributed by atoms with Crippen LogP contribution in [0.4, 0.5) is 0 Å². The largest absolute Gasteiger partial charge is 0.497 e. The molecule has 0 bridgehead atoms. The van der Waals surface area contributed by atoms with Gasteiger partial charge in [0.05, 0.1) is 7.11 Å². The van der Waals surface area contributed by atoms with E-state index < -0.39 is 0 Å². The van der Waals surface area contributed by atoms with Crippen molar-refractivity contribution in [3.8, 4) is 17.1 Å². The van der Waals surface area contributed by atoms with Crippen LogP contribution in [0.2, 0.25) is 0 Å². The first-order chi connectivity index (χ1) is 11.6. The number of amides is 1. The van der Waals surface area contributed by atoms with Gasteiger partial charge in [0, 0.05) is 31.0 Å². The number of aromatic amines is 1. The van der Waals surface area contributed by atoms with Crippen molar-refractivity contribution in [1.29, 1.82) is 0 Å². The molecule has 0 saturated carbocycles. The van der Waals surface area contributed by atoms with Gasteiger partial charge in [-0.25, -0.2) is 4.98 Å². The van der Waals surface area contributed by atoms with Gasteiger partial charge in [0.15, 0.2) is 0 Å². The number of rotatable bonds is 4. The summed E-state index contributed by atoms with van der Waals surface area (Å²) in [6.07, 6.45) is 1.68. The van der Waals surface area contributed by atoms with E-state index in [0.29, 0.717) is 30.5 Å². The Balaban J connectivity index is 1.80. The first-order valence-electron chi connectivity index (χ1n) is 8.23. The predicted molar refractivity (Wildman–Crippen MR) is 91.0 cm³/mol. The van der Waals surface area contributed by atoms with Crippen LogP contribution in [0.3, 0.4) is 0 Å². The number of nitrogens with one attached hydrogen (secondary N) is 1. The number of aliphatic hydroxyl groups is 1. The third kappa shape index (κ3) is 3.28. The predicted octanol–water partition coefficient (Wildman–Crippen LogP) is 2.24. The van der Waals surface area contributed by atoms with E-state index in [1.165, 1.54) is 0 Å². The van der Waals surface area contributed by atoms with Crippen LogP contribution >= 0.6 is 0 Å². The molecule has 6 heteroatoms. The van der Waals surface area contributed by atoms with Gasteiger partial charge in [-0.3, -0.25) is 4.79 Å². The lowest BCUT2D eigenvalue weighted by atomic mass is 9.98. The monoisotopic (exact) mass is 329 g/mol. The molecule has 1 aromatic carbocycles. The third-order valence-electron chi connectivity index (χ3n) is 4.59. The molecule has 0 atom stereocenters. The van der Waals surface area contributed by atoms with Gasteiger partial charge in [-0.1, -0.05) is 12.1 Å². The first kappa shape index (κ1) is 16.5. The second-order valence-corrected chi connectivity index (χ2v) is 6.21.